The number of anilines is 1. The molecule has 94 valence electrons. The van der Waals surface area contributed by atoms with Crippen LogP contribution in [0, 0.1) is 5.92 Å². The lowest BCUT2D eigenvalue weighted by Crippen LogP contribution is -2.21. The van der Waals surface area contributed by atoms with Crippen LogP contribution in [0.25, 0.3) is 0 Å². The Labute approximate surface area is 104 Å². The summed E-state index contributed by atoms with van der Waals surface area (Å²) in [7, 11) is 0. The van der Waals surface area contributed by atoms with E-state index in [1.807, 2.05) is 25.1 Å². The number of amides is 1. The Hall–Kier alpha value is -1.31. The number of carbonyl (C=O) groups excluding carboxylic acids is 1. The maximum atomic E-state index is 12.0. The molecule has 0 unspecified atom stereocenters. The van der Waals surface area contributed by atoms with Crippen LogP contribution in [0.2, 0.25) is 0 Å². The van der Waals surface area contributed by atoms with Crippen LogP contribution >= 0.6 is 0 Å². The minimum atomic E-state index is 0.0835. The Balaban J connectivity index is 2.77. The minimum absolute atomic E-state index is 0.0835. The number of carbonyl (C=O) groups is 1. The molecule has 2 heteroatoms. The molecule has 0 saturated heterocycles. The number of hydrogen-bond acceptors (Lipinski definition) is 1. The van der Waals surface area contributed by atoms with Crippen LogP contribution in [0.3, 0.4) is 0 Å². The van der Waals surface area contributed by atoms with Crippen LogP contribution < -0.4 is 5.32 Å². The van der Waals surface area contributed by atoms with E-state index in [1.54, 1.807) is 0 Å². The average molecular weight is 233 g/mol. The number of nitrogens with one attached hydrogen (secondary N) is 1. The van der Waals surface area contributed by atoms with Crippen molar-refractivity contribution in [2.75, 3.05) is 5.32 Å². The van der Waals surface area contributed by atoms with Crippen molar-refractivity contribution >= 4 is 11.6 Å². The molecule has 1 N–H and O–H groups in total. The van der Waals surface area contributed by atoms with Crippen LogP contribution in [0.5, 0.6) is 0 Å². The van der Waals surface area contributed by atoms with E-state index in [9.17, 15) is 4.79 Å². The SMILES string of the molecule is CCC[C@H](C)C(=O)Nc1ccccc1C(C)C. The predicted molar refractivity (Wildman–Crippen MR) is 73.2 cm³/mol. The Morgan fingerprint density at radius 2 is 1.88 bits per heavy atom. The first kappa shape index (κ1) is 13.8. The second kappa shape index (κ2) is 6.43. The zero-order valence-corrected chi connectivity index (χ0v) is 11.3. The molecule has 1 aromatic rings. The van der Waals surface area contributed by atoms with Gasteiger partial charge in [0.25, 0.3) is 0 Å². The van der Waals surface area contributed by atoms with Gasteiger partial charge < -0.3 is 5.32 Å². The summed E-state index contributed by atoms with van der Waals surface area (Å²) in [5, 5.41) is 3.04. The fourth-order valence-corrected chi connectivity index (χ4v) is 1.93. The third-order valence-corrected chi connectivity index (χ3v) is 3.01. The van der Waals surface area contributed by atoms with E-state index < -0.39 is 0 Å². The standard InChI is InChI=1S/C15H23NO/c1-5-8-12(4)15(17)16-14-10-7-6-9-13(14)11(2)3/h6-7,9-12H,5,8H2,1-4H3,(H,16,17)/t12-/m0/s1. The summed E-state index contributed by atoms with van der Waals surface area (Å²) in [4.78, 5) is 12.0. The molecule has 0 heterocycles. The molecule has 1 atom stereocenters. The van der Waals surface area contributed by atoms with Crippen molar-refractivity contribution in [2.45, 2.75) is 46.5 Å². The number of benzene rings is 1. The lowest BCUT2D eigenvalue weighted by molar-refractivity contribution is -0.119. The largest absolute Gasteiger partial charge is 0.326 e. The molecule has 1 aromatic carbocycles. The molecule has 2 nitrogen and oxygen atoms in total. The van der Waals surface area contributed by atoms with Crippen LogP contribution in [-0.2, 0) is 4.79 Å². The molecule has 0 aromatic heterocycles. The number of para-hydroxylation sites is 1. The number of hydrogen-bond donors (Lipinski definition) is 1. The summed E-state index contributed by atoms with van der Waals surface area (Å²) in [6.07, 6.45) is 1.98. The summed E-state index contributed by atoms with van der Waals surface area (Å²) >= 11 is 0. The molecule has 0 radical (unpaired) electrons. The van der Waals surface area contributed by atoms with E-state index in [2.05, 4.69) is 32.2 Å². The zero-order chi connectivity index (χ0) is 12.8. The fourth-order valence-electron chi connectivity index (χ4n) is 1.93. The van der Waals surface area contributed by atoms with Crippen molar-refractivity contribution in [1.82, 2.24) is 0 Å². The van der Waals surface area contributed by atoms with Crippen molar-refractivity contribution in [3.05, 3.63) is 29.8 Å². The summed E-state index contributed by atoms with van der Waals surface area (Å²) in [6.45, 7) is 8.36. The fraction of sp³-hybridized carbons (Fsp3) is 0.533. The van der Waals surface area contributed by atoms with Gasteiger partial charge in [-0.25, -0.2) is 0 Å². The summed E-state index contributed by atoms with van der Waals surface area (Å²) in [5.74, 6) is 0.633. The second-order valence-electron chi connectivity index (χ2n) is 4.92. The van der Waals surface area contributed by atoms with E-state index in [-0.39, 0.29) is 11.8 Å². The smallest absolute Gasteiger partial charge is 0.227 e. The minimum Gasteiger partial charge on any atom is -0.326 e. The van der Waals surface area contributed by atoms with Gasteiger partial charge in [-0.2, -0.15) is 0 Å². The van der Waals surface area contributed by atoms with Crippen molar-refractivity contribution in [2.24, 2.45) is 5.92 Å². The van der Waals surface area contributed by atoms with Gasteiger partial charge in [0.05, 0.1) is 0 Å². The first-order valence-electron chi connectivity index (χ1n) is 6.46. The van der Waals surface area contributed by atoms with Crippen molar-refractivity contribution < 1.29 is 4.79 Å². The lowest BCUT2D eigenvalue weighted by atomic mass is 10.00. The molecule has 0 fully saturated rings. The average Bonchev–Trinajstić information content (AvgIpc) is 2.29. The highest BCUT2D eigenvalue weighted by Crippen LogP contribution is 2.24. The molecule has 17 heavy (non-hydrogen) atoms. The van der Waals surface area contributed by atoms with Gasteiger partial charge in [-0.3, -0.25) is 4.79 Å². The molecule has 0 aliphatic heterocycles. The van der Waals surface area contributed by atoms with Crippen molar-refractivity contribution in [3.8, 4) is 0 Å². The molecular formula is C15H23NO. The molecule has 1 amide bonds. The highest BCUT2D eigenvalue weighted by molar-refractivity contribution is 5.93. The first-order chi connectivity index (χ1) is 8.06. The maximum absolute atomic E-state index is 12.0. The molecule has 1 rings (SSSR count). The normalized spacial score (nSPS) is 12.5. The van der Waals surface area contributed by atoms with Gasteiger partial charge >= 0.3 is 0 Å². The third-order valence-electron chi connectivity index (χ3n) is 3.01. The Kier molecular flexibility index (Phi) is 5.20. The van der Waals surface area contributed by atoms with Gasteiger partial charge in [-0.05, 0) is 24.0 Å². The summed E-state index contributed by atoms with van der Waals surface area (Å²) in [6, 6.07) is 8.03. The highest BCUT2D eigenvalue weighted by Gasteiger charge is 2.14. The van der Waals surface area contributed by atoms with Gasteiger partial charge in [0, 0.05) is 11.6 Å². The second-order valence-corrected chi connectivity index (χ2v) is 4.92. The van der Waals surface area contributed by atoms with Gasteiger partial charge in [-0.15, -0.1) is 0 Å². The van der Waals surface area contributed by atoms with E-state index in [1.165, 1.54) is 5.56 Å². The Morgan fingerprint density at radius 3 is 2.47 bits per heavy atom. The monoisotopic (exact) mass is 233 g/mol. The van der Waals surface area contributed by atoms with E-state index in [0.717, 1.165) is 18.5 Å². The highest BCUT2D eigenvalue weighted by atomic mass is 16.1. The van der Waals surface area contributed by atoms with Gasteiger partial charge in [0.15, 0.2) is 0 Å². The Bertz CT molecular complexity index is 371. The number of rotatable bonds is 5. The predicted octanol–water partition coefficient (Wildman–Crippen LogP) is 4.18. The summed E-state index contributed by atoms with van der Waals surface area (Å²) < 4.78 is 0. The molecular weight excluding hydrogens is 210 g/mol. The van der Waals surface area contributed by atoms with E-state index in [4.69, 9.17) is 0 Å². The van der Waals surface area contributed by atoms with Gasteiger partial charge in [0.1, 0.15) is 0 Å². The quantitative estimate of drug-likeness (QED) is 0.812. The molecule has 0 aliphatic carbocycles. The molecule has 0 saturated carbocycles. The maximum Gasteiger partial charge on any atom is 0.227 e. The molecule has 0 spiro atoms. The van der Waals surface area contributed by atoms with Crippen LogP contribution in [-0.4, -0.2) is 5.91 Å². The van der Waals surface area contributed by atoms with Crippen molar-refractivity contribution in [1.29, 1.82) is 0 Å². The Morgan fingerprint density at radius 1 is 1.24 bits per heavy atom. The lowest BCUT2D eigenvalue weighted by Gasteiger charge is -2.16. The van der Waals surface area contributed by atoms with Gasteiger partial charge in [0.2, 0.25) is 5.91 Å². The van der Waals surface area contributed by atoms with Crippen LogP contribution in [0.15, 0.2) is 24.3 Å². The summed E-state index contributed by atoms with van der Waals surface area (Å²) in [5.41, 5.74) is 2.15. The molecule has 0 bridgehead atoms. The third kappa shape index (κ3) is 3.88. The van der Waals surface area contributed by atoms with Crippen LogP contribution in [0.1, 0.15) is 52.0 Å². The zero-order valence-electron chi connectivity index (χ0n) is 11.3. The topological polar surface area (TPSA) is 29.1 Å². The molecule has 0 aliphatic rings. The first-order valence-corrected chi connectivity index (χ1v) is 6.46. The van der Waals surface area contributed by atoms with E-state index >= 15 is 0 Å². The van der Waals surface area contributed by atoms with Crippen molar-refractivity contribution in [3.63, 3.8) is 0 Å². The van der Waals surface area contributed by atoms with Crippen LogP contribution in [0.4, 0.5) is 5.69 Å². The van der Waals surface area contributed by atoms with E-state index in [0.29, 0.717) is 5.92 Å². The van der Waals surface area contributed by atoms with Gasteiger partial charge in [-0.1, -0.05) is 52.3 Å².